The first kappa shape index (κ1) is 12.1. The monoisotopic (exact) mass is 249 g/mol. The smallest absolute Gasteiger partial charge is 0.257 e. The first-order valence-corrected chi connectivity index (χ1v) is 6.73. The largest absolute Gasteiger partial charge is 0.334 e. The van der Waals surface area contributed by atoms with Crippen molar-refractivity contribution >= 4 is 11.8 Å². The Labute approximate surface area is 105 Å². The lowest BCUT2D eigenvalue weighted by Crippen LogP contribution is -2.12. The summed E-state index contributed by atoms with van der Waals surface area (Å²) in [5.41, 5.74) is 0.957. The van der Waals surface area contributed by atoms with E-state index >= 15 is 0 Å². The molecule has 2 aromatic rings. The van der Waals surface area contributed by atoms with Crippen molar-refractivity contribution in [3.05, 3.63) is 30.1 Å². The molecule has 0 bridgehead atoms. The van der Waals surface area contributed by atoms with Crippen LogP contribution < -0.4 is 5.32 Å². The topological polar surface area (TPSA) is 51.0 Å². The van der Waals surface area contributed by atoms with Gasteiger partial charge in [-0.05, 0) is 37.1 Å². The summed E-state index contributed by atoms with van der Waals surface area (Å²) in [6, 6.07) is 8.09. The highest BCUT2D eigenvalue weighted by molar-refractivity contribution is 7.98. The summed E-state index contributed by atoms with van der Waals surface area (Å²) in [6.45, 7) is 3.58. The van der Waals surface area contributed by atoms with E-state index in [0.29, 0.717) is 18.3 Å². The second-order valence-corrected chi connectivity index (χ2v) is 4.40. The number of nitrogens with zero attached hydrogens (tertiary/aromatic N) is 2. The van der Waals surface area contributed by atoms with Gasteiger partial charge in [0.05, 0.1) is 6.54 Å². The van der Waals surface area contributed by atoms with Gasteiger partial charge in [-0.25, -0.2) is 0 Å². The molecule has 0 aliphatic carbocycles. The van der Waals surface area contributed by atoms with Crippen LogP contribution in [-0.4, -0.2) is 22.9 Å². The lowest BCUT2D eigenvalue weighted by Gasteiger charge is -1.96. The molecule has 2 rings (SSSR count). The van der Waals surface area contributed by atoms with Gasteiger partial charge in [0.25, 0.3) is 5.89 Å². The van der Waals surface area contributed by atoms with E-state index < -0.39 is 0 Å². The van der Waals surface area contributed by atoms with E-state index in [1.165, 1.54) is 4.90 Å². The fraction of sp³-hybridized carbons (Fsp3) is 0.333. The molecule has 1 N–H and O–H groups in total. The second kappa shape index (κ2) is 5.84. The van der Waals surface area contributed by atoms with Crippen molar-refractivity contribution in [1.82, 2.24) is 15.5 Å². The van der Waals surface area contributed by atoms with Crippen molar-refractivity contribution in [2.45, 2.75) is 18.4 Å². The maximum absolute atomic E-state index is 5.21. The summed E-state index contributed by atoms with van der Waals surface area (Å²) in [6.07, 6.45) is 2.05. The molecule has 0 amide bonds. The Morgan fingerprint density at radius 2 is 2.06 bits per heavy atom. The molecule has 1 aromatic heterocycles. The summed E-state index contributed by atoms with van der Waals surface area (Å²) in [4.78, 5) is 5.55. The lowest BCUT2D eigenvalue weighted by atomic mass is 10.2. The van der Waals surface area contributed by atoms with Crippen molar-refractivity contribution in [3.63, 3.8) is 0 Å². The molecular weight excluding hydrogens is 234 g/mol. The number of hydrogen-bond donors (Lipinski definition) is 1. The van der Waals surface area contributed by atoms with E-state index in [9.17, 15) is 0 Å². The standard InChI is InChI=1S/C12H15N3OS/c1-3-13-8-11-14-12(16-15-11)9-4-6-10(17-2)7-5-9/h4-7,13H,3,8H2,1-2H3. The zero-order valence-corrected chi connectivity index (χ0v) is 10.8. The first-order chi connectivity index (χ1) is 8.33. The normalized spacial score (nSPS) is 10.7. The molecule has 0 fully saturated rings. The molecule has 0 unspecified atom stereocenters. The van der Waals surface area contributed by atoms with Gasteiger partial charge in [-0.2, -0.15) is 4.98 Å². The Balaban J connectivity index is 2.12. The van der Waals surface area contributed by atoms with E-state index in [-0.39, 0.29) is 0 Å². The van der Waals surface area contributed by atoms with Crippen molar-refractivity contribution in [2.24, 2.45) is 0 Å². The average Bonchev–Trinajstić information content (AvgIpc) is 2.85. The highest BCUT2D eigenvalue weighted by Crippen LogP contribution is 2.21. The molecule has 1 heterocycles. The molecular formula is C12H15N3OS. The van der Waals surface area contributed by atoms with Crippen molar-refractivity contribution in [1.29, 1.82) is 0 Å². The Bertz CT molecular complexity index is 467. The summed E-state index contributed by atoms with van der Waals surface area (Å²) >= 11 is 1.71. The third-order valence-electron chi connectivity index (χ3n) is 2.34. The Hall–Kier alpha value is -1.33. The van der Waals surface area contributed by atoms with E-state index in [1.54, 1.807) is 11.8 Å². The highest BCUT2D eigenvalue weighted by atomic mass is 32.2. The third kappa shape index (κ3) is 3.08. The third-order valence-corrected chi connectivity index (χ3v) is 3.08. The van der Waals surface area contributed by atoms with Crippen LogP contribution in [0.3, 0.4) is 0 Å². The van der Waals surface area contributed by atoms with E-state index in [0.717, 1.165) is 12.1 Å². The average molecular weight is 249 g/mol. The molecule has 17 heavy (non-hydrogen) atoms. The minimum absolute atomic E-state index is 0.575. The Morgan fingerprint density at radius 3 is 2.71 bits per heavy atom. The van der Waals surface area contributed by atoms with Gasteiger partial charge in [0.1, 0.15) is 0 Å². The summed E-state index contributed by atoms with van der Waals surface area (Å²) in [7, 11) is 0. The number of thioether (sulfide) groups is 1. The predicted octanol–water partition coefficient (Wildman–Crippen LogP) is 2.57. The molecule has 4 nitrogen and oxygen atoms in total. The van der Waals surface area contributed by atoms with Crippen LogP contribution in [0, 0.1) is 0 Å². The molecule has 0 radical (unpaired) electrons. The molecule has 0 saturated heterocycles. The molecule has 0 aliphatic heterocycles. The fourth-order valence-electron chi connectivity index (χ4n) is 1.41. The fourth-order valence-corrected chi connectivity index (χ4v) is 1.82. The summed E-state index contributed by atoms with van der Waals surface area (Å²) < 4.78 is 5.21. The number of nitrogens with one attached hydrogen (secondary N) is 1. The number of benzene rings is 1. The summed E-state index contributed by atoms with van der Waals surface area (Å²) in [5, 5.41) is 7.08. The Morgan fingerprint density at radius 1 is 1.29 bits per heavy atom. The van der Waals surface area contributed by atoms with Crippen LogP contribution in [0.4, 0.5) is 0 Å². The van der Waals surface area contributed by atoms with Crippen LogP contribution in [0.25, 0.3) is 11.5 Å². The highest BCUT2D eigenvalue weighted by Gasteiger charge is 2.07. The zero-order chi connectivity index (χ0) is 12.1. The van der Waals surface area contributed by atoms with E-state index in [4.69, 9.17) is 4.52 Å². The molecule has 90 valence electrons. The van der Waals surface area contributed by atoms with E-state index in [2.05, 4.69) is 21.7 Å². The van der Waals surface area contributed by atoms with Crippen LogP contribution in [0.2, 0.25) is 0 Å². The van der Waals surface area contributed by atoms with Gasteiger partial charge in [0, 0.05) is 10.5 Å². The van der Waals surface area contributed by atoms with Crippen LogP contribution >= 0.6 is 11.8 Å². The van der Waals surface area contributed by atoms with Gasteiger partial charge in [-0.15, -0.1) is 11.8 Å². The summed E-state index contributed by atoms with van der Waals surface area (Å²) in [5.74, 6) is 1.27. The van der Waals surface area contributed by atoms with Gasteiger partial charge in [-0.3, -0.25) is 0 Å². The molecule has 1 aromatic carbocycles. The SMILES string of the molecule is CCNCc1noc(-c2ccc(SC)cc2)n1. The molecule has 5 heteroatoms. The molecule has 0 aliphatic rings. The minimum Gasteiger partial charge on any atom is -0.334 e. The van der Waals surface area contributed by atoms with Crippen LogP contribution in [0.5, 0.6) is 0 Å². The minimum atomic E-state index is 0.575. The van der Waals surface area contributed by atoms with E-state index in [1.807, 2.05) is 31.2 Å². The zero-order valence-electron chi connectivity index (χ0n) is 9.93. The predicted molar refractivity (Wildman–Crippen MR) is 68.9 cm³/mol. The van der Waals surface area contributed by atoms with Gasteiger partial charge in [0.15, 0.2) is 5.82 Å². The number of aromatic nitrogens is 2. The Kier molecular flexibility index (Phi) is 4.17. The van der Waals surface area contributed by atoms with Gasteiger partial charge in [-0.1, -0.05) is 12.1 Å². The maximum atomic E-state index is 5.21. The van der Waals surface area contributed by atoms with Crippen LogP contribution in [0.15, 0.2) is 33.7 Å². The number of rotatable bonds is 5. The van der Waals surface area contributed by atoms with Gasteiger partial charge < -0.3 is 9.84 Å². The second-order valence-electron chi connectivity index (χ2n) is 3.52. The van der Waals surface area contributed by atoms with Crippen molar-refractivity contribution in [2.75, 3.05) is 12.8 Å². The van der Waals surface area contributed by atoms with Crippen molar-refractivity contribution in [3.8, 4) is 11.5 Å². The lowest BCUT2D eigenvalue weighted by molar-refractivity contribution is 0.420. The maximum Gasteiger partial charge on any atom is 0.257 e. The first-order valence-electron chi connectivity index (χ1n) is 5.51. The van der Waals surface area contributed by atoms with Crippen LogP contribution in [-0.2, 0) is 6.54 Å². The molecule has 0 saturated carbocycles. The van der Waals surface area contributed by atoms with Gasteiger partial charge >= 0.3 is 0 Å². The quantitative estimate of drug-likeness (QED) is 0.825. The van der Waals surface area contributed by atoms with Gasteiger partial charge in [0.2, 0.25) is 0 Å². The number of hydrogen-bond acceptors (Lipinski definition) is 5. The molecule has 0 atom stereocenters. The molecule has 0 spiro atoms. The van der Waals surface area contributed by atoms with Crippen molar-refractivity contribution < 1.29 is 4.52 Å². The van der Waals surface area contributed by atoms with Crippen LogP contribution in [0.1, 0.15) is 12.7 Å².